The van der Waals surface area contributed by atoms with Crippen molar-refractivity contribution in [2.75, 3.05) is 33.4 Å². The van der Waals surface area contributed by atoms with Gasteiger partial charge in [-0.05, 0) is 101 Å². The van der Waals surface area contributed by atoms with Crippen LogP contribution in [0.5, 0.6) is 11.5 Å². The van der Waals surface area contributed by atoms with E-state index >= 15 is 0 Å². The summed E-state index contributed by atoms with van der Waals surface area (Å²) in [6, 6.07) is 5.07. The van der Waals surface area contributed by atoms with Gasteiger partial charge in [0.1, 0.15) is 23.1 Å². The van der Waals surface area contributed by atoms with Crippen molar-refractivity contribution >= 4 is 17.7 Å². The van der Waals surface area contributed by atoms with Gasteiger partial charge in [-0.2, -0.15) is 0 Å². The number of unbranched alkanes of at least 4 members (excludes halogenated alkanes) is 11. The summed E-state index contributed by atoms with van der Waals surface area (Å²) in [5.74, 6) is -0.611. The van der Waals surface area contributed by atoms with E-state index in [0.29, 0.717) is 37.3 Å². The van der Waals surface area contributed by atoms with Crippen LogP contribution in [0.4, 0.5) is 4.79 Å². The summed E-state index contributed by atoms with van der Waals surface area (Å²) >= 11 is 0. The minimum atomic E-state index is -1.29. The van der Waals surface area contributed by atoms with E-state index in [-0.39, 0.29) is 49.4 Å². The maximum atomic E-state index is 14.0. The number of nitrogens with one attached hydrogen (secondary N) is 1. The molecule has 1 aliphatic heterocycles. The molecule has 0 bridgehead atoms. The van der Waals surface area contributed by atoms with Gasteiger partial charge >= 0.3 is 6.09 Å². The van der Waals surface area contributed by atoms with Crippen molar-refractivity contribution in [2.24, 2.45) is 28.8 Å². The van der Waals surface area contributed by atoms with Gasteiger partial charge in [0.2, 0.25) is 11.7 Å². The van der Waals surface area contributed by atoms with E-state index < -0.39 is 29.4 Å². The molecule has 0 radical (unpaired) electrons. The Hall–Kier alpha value is -3.41. The van der Waals surface area contributed by atoms with Gasteiger partial charge in [0.05, 0.1) is 18.2 Å². The van der Waals surface area contributed by atoms with Crippen LogP contribution in [0.25, 0.3) is 0 Å². The van der Waals surface area contributed by atoms with Crippen molar-refractivity contribution in [3.8, 4) is 11.5 Å². The first-order valence-corrected chi connectivity index (χ1v) is 23.5. The van der Waals surface area contributed by atoms with Gasteiger partial charge in [-0.3, -0.25) is 4.79 Å². The van der Waals surface area contributed by atoms with Crippen LogP contribution >= 0.6 is 0 Å². The number of aliphatic hydroxyl groups excluding tert-OH is 2. The van der Waals surface area contributed by atoms with Crippen molar-refractivity contribution in [2.45, 2.75) is 173 Å². The number of carbonyl (C=O) groups is 2. The van der Waals surface area contributed by atoms with Gasteiger partial charge in [0.25, 0.3) is 0 Å². The third-order valence-corrected chi connectivity index (χ3v) is 12.8. The van der Waals surface area contributed by atoms with Crippen LogP contribution in [0.1, 0.15) is 161 Å². The van der Waals surface area contributed by atoms with Crippen LogP contribution in [0.15, 0.2) is 47.7 Å². The van der Waals surface area contributed by atoms with E-state index in [9.17, 15) is 19.8 Å². The first-order chi connectivity index (χ1) is 29.0. The summed E-state index contributed by atoms with van der Waals surface area (Å²) in [4.78, 5) is 35.2. The van der Waals surface area contributed by atoms with Crippen molar-refractivity contribution < 1.29 is 38.9 Å². The zero-order valence-electron chi connectivity index (χ0n) is 37.6. The van der Waals surface area contributed by atoms with E-state index in [2.05, 4.69) is 24.9 Å². The molecule has 4 aliphatic rings. The third kappa shape index (κ3) is 12.6. The number of carbonyl (C=O) groups excluding carboxylic acids is 2. The summed E-state index contributed by atoms with van der Waals surface area (Å²) in [5.41, 5.74) is 2.11. The highest BCUT2D eigenvalue weighted by molar-refractivity contribution is 6.03. The number of hydrogen-bond acceptors (Lipinski definition) is 9. The summed E-state index contributed by atoms with van der Waals surface area (Å²) in [7, 11) is 1.86. The van der Waals surface area contributed by atoms with Crippen LogP contribution in [0.3, 0.4) is 0 Å². The van der Waals surface area contributed by atoms with Crippen LogP contribution in [0, 0.1) is 23.7 Å². The van der Waals surface area contributed by atoms with E-state index in [1.54, 1.807) is 12.1 Å². The first kappa shape index (κ1) is 47.6. The van der Waals surface area contributed by atoms with Gasteiger partial charge in [-0.15, -0.1) is 6.58 Å². The van der Waals surface area contributed by atoms with Gasteiger partial charge in [0.15, 0.2) is 0 Å². The number of ether oxygens (including phenoxy) is 3. The van der Waals surface area contributed by atoms with Gasteiger partial charge in [-0.1, -0.05) is 94.9 Å². The number of likely N-dealkylation sites (N-methyl/N-ethyl adjacent to an activating group) is 1. The van der Waals surface area contributed by atoms with E-state index in [1.165, 1.54) is 51.4 Å². The fourth-order valence-corrected chi connectivity index (χ4v) is 9.70. The zero-order valence-corrected chi connectivity index (χ0v) is 37.6. The Balaban J connectivity index is 1.49. The largest absolute Gasteiger partial charge is 0.459 e. The Bertz CT molecular complexity index is 1600. The number of amides is 2. The fourth-order valence-electron chi connectivity index (χ4n) is 9.70. The molecule has 2 saturated carbocycles. The molecule has 336 valence electrons. The first-order valence-electron chi connectivity index (χ1n) is 23.5. The van der Waals surface area contributed by atoms with Crippen molar-refractivity contribution in [1.29, 1.82) is 0 Å². The second-order valence-corrected chi connectivity index (χ2v) is 18.7. The summed E-state index contributed by atoms with van der Waals surface area (Å²) in [5, 5.41) is 27.6. The highest BCUT2D eigenvalue weighted by Crippen LogP contribution is 2.62. The normalized spacial score (nSPS) is 25.1. The molecule has 0 saturated heterocycles. The highest BCUT2D eigenvalue weighted by atomic mass is 16.7. The molecule has 1 aromatic rings. The maximum absolute atomic E-state index is 14.0. The Morgan fingerprint density at radius 2 is 1.63 bits per heavy atom. The number of allylic oxidation sites excluding steroid dienone is 1. The van der Waals surface area contributed by atoms with Crippen LogP contribution < -0.4 is 14.8 Å². The molecule has 0 unspecified atom stereocenters. The monoisotopic (exact) mass is 836 g/mol. The molecule has 0 spiro atoms. The predicted molar refractivity (Wildman–Crippen MR) is 237 cm³/mol. The van der Waals surface area contributed by atoms with Crippen LogP contribution in [-0.2, 0) is 14.4 Å². The molecular weight excluding hydrogens is 759 g/mol. The van der Waals surface area contributed by atoms with Crippen LogP contribution in [-0.4, -0.2) is 83.7 Å². The van der Waals surface area contributed by atoms with E-state index in [0.717, 1.165) is 68.2 Å². The molecule has 2 fully saturated rings. The highest BCUT2D eigenvalue weighted by Gasteiger charge is 2.65. The second kappa shape index (κ2) is 23.2. The lowest BCUT2D eigenvalue weighted by Gasteiger charge is -2.59. The lowest BCUT2D eigenvalue weighted by atomic mass is 9.55. The Kier molecular flexibility index (Phi) is 18.4. The molecule has 3 aliphatic carbocycles. The van der Waals surface area contributed by atoms with E-state index in [4.69, 9.17) is 24.2 Å². The maximum Gasteiger partial charge on any atom is 0.412 e. The molecule has 60 heavy (non-hydrogen) atoms. The van der Waals surface area contributed by atoms with E-state index in [1.807, 2.05) is 44.9 Å². The Morgan fingerprint density at radius 1 is 0.967 bits per heavy atom. The van der Waals surface area contributed by atoms with Crippen molar-refractivity contribution in [3.63, 3.8) is 0 Å². The average Bonchev–Trinajstić information content (AvgIpc) is 4.08. The minimum absolute atomic E-state index is 0.0225. The SMILES string of the molecule is C=CCO[C@@]12Oc3ccc(OC(=O)NCCCCCCCCCCCC)cc3[C@H]3[C@H](CCCCO)[C@@H](CCCCO)C=C(C(=NOC(C)(C)C)C[C@@H]1N(C)C(=O)C1CC1)[C@H]32. The standard InChI is InChI=1S/C49H77N3O8/c1-7-9-10-11-12-13-14-15-16-19-28-50-47(56)58-37-26-27-42-40(33-37)44-38(23-18-21-30-54)36(22-17-20-29-53)32-39-41(51-60-48(3,4)5)34-43(52(6)46(55)35-24-25-35)49(59-42,45(39)44)57-31-8-2/h8,26-27,32-33,35-36,38,43-45,53-54H,2,7,9-25,28-31,34H2,1,3-6H3,(H,50,56)/t36-,38+,43-,44+,45+,49+/m0/s1. The number of aliphatic hydroxyl groups is 2. The molecule has 11 nitrogen and oxygen atoms in total. The number of nitrogens with zero attached hydrogens (tertiary/aromatic N) is 2. The molecule has 1 heterocycles. The quantitative estimate of drug-likeness (QED) is 0.0476. The molecule has 1 aromatic carbocycles. The smallest absolute Gasteiger partial charge is 0.412 e. The van der Waals surface area contributed by atoms with Gasteiger partial charge < -0.3 is 39.5 Å². The number of fused-ring (bicyclic) bond motifs is 2. The van der Waals surface area contributed by atoms with Crippen molar-refractivity contribution in [1.82, 2.24) is 10.2 Å². The van der Waals surface area contributed by atoms with Crippen molar-refractivity contribution in [3.05, 3.63) is 48.1 Å². The fraction of sp³-hybridized carbons (Fsp3) is 0.735. The summed E-state index contributed by atoms with van der Waals surface area (Å²) < 4.78 is 20.2. The lowest BCUT2D eigenvalue weighted by molar-refractivity contribution is -0.256. The molecule has 2 amide bonds. The lowest BCUT2D eigenvalue weighted by Crippen LogP contribution is -2.69. The van der Waals surface area contributed by atoms with Gasteiger partial charge in [-0.25, -0.2) is 4.79 Å². The third-order valence-electron chi connectivity index (χ3n) is 12.8. The second-order valence-electron chi connectivity index (χ2n) is 18.7. The predicted octanol–water partition coefficient (Wildman–Crippen LogP) is 10.00. The summed E-state index contributed by atoms with van der Waals surface area (Å²) in [6.45, 7) is 13.2. The number of hydrogen-bond donors (Lipinski definition) is 3. The minimum Gasteiger partial charge on any atom is -0.459 e. The molecular formula is C49H77N3O8. The van der Waals surface area contributed by atoms with Crippen LogP contribution in [0.2, 0.25) is 0 Å². The Labute approximate surface area is 360 Å². The zero-order chi connectivity index (χ0) is 43.1. The topological polar surface area (TPSA) is 139 Å². The molecule has 3 N–H and O–H groups in total. The molecule has 0 aromatic heterocycles. The summed E-state index contributed by atoms with van der Waals surface area (Å²) in [6.07, 6.45) is 22.6. The number of benzene rings is 1. The average molecular weight is 836 g/mol. The molecule has 6 atom stereocenters. The van der Waals surface area contributed by atoms with Gasteiger partial charge in [0, 0.05) is 50.6 Å². The molecule has 5 rings (SSSR count). The molecule has 11 heteroatoms. The number of rotatable bonds is 26. The number of oxime groups is 1. The Morgan fingerprint density at radius 3 is 2.27 bits per heavy atom.